The van der Waals surface area contributed by atoms with Gasteiger partial charge in [0.15, 0.2) is 0 Å². The molecule has 0 spiro atoms. The van der Waals surface area contributed by atoms with E-state index in [1.165, 1.54) is 6.42 Å². The number of fused-ring (bicyclic) bond motifs is 1. The molecule has 23 heavy (non-hydrogen) atoms. The van der Waals surface area contributed by atoms with Crippen molar-refractivity contribution in [2.75, 3.05) is 34.2 Å². The minimum Gasteiger partial charge on any atom is -0.345 e. The van der Waals surface area contributed by atoms with E-state index in [9.17, 15) is 9.59 Å². The van der Waals surface area contributed by atoms with Gasteiger partial charge < -0.3 is 4.90 Å². The number of piperidine rings is 1. The first-order valence-corrected chi connectivity index (χ1v) is 8.15. The lowest BCUT2D eigenvalue weighted by molar-refractivity contribution is 0.0829. The summed E-state index contributed by atoms with van der Waals surface area (Å²) in [4.78, 5) is 29.6. The summed E-state index contributed by atoms with van der Waals surface area (Å²) in [5.74, 6) is 0.828. The lowest BCUT2D eigenvalue weighted by Crippen LogP contribution is -2.50. The standard InChI is InChI=1S/C18H23N3O2/c1-20(2)18(23)14-9-7-8-13-15(14)12-16(19-17(13)22)21(3)10-5-4-6-11-21/h7-9,12H,4-6,10-11H2,1-3H3/p+1. The molecule has 0 atom stereocenters. The summed E-state index contributed by atoms with van der Waals surface area (Å²) < 4.78 is 0.732. The highest BCUT2D eigenvalue weighted by Gasteiger charge is 2.29. The molecule has 2 aromatic rings. The van der Waals surface area contributed by atoms with Crippen LogP contribution in [0.1, 0.15) is 29.6 Å². The summed E-state index contributed by atoms with van der Waals surface area (Å²) in [6, 6.07) is 7.34. The molecule has 1 aromatic carbocycles. The van der Waals surface area contributed by atoms with Crippen molar-refractivity contribution in [3.05, 3.63) is 40.2 Å². The molecule has 2 heterocycles. The molecule has 1 amide bonds. The molecule has 0 unspecified atom stereocenters. The maximum absolute atomic E-state index is 12.5. The van der Waals surface area contributed by atoms with Crippen molar-refractivity contribution < 1.29 is 4.79 Å². The molecular formula is C18H24N3O2+. The first-order valence-electron chi connectivity index (χ1n) is 8.15. The Bertz CT molecular complexity index is 802. The van der Waals surface area contributed by atoms with Crippen LogP contribution in [0, 0.1) is 0 Å². The number of hydrogen-bond donors (Lipinski definition) is 1. The Morgan fingerprint density at radius 2 is 1.83 bits per heavy atom. The highest BCUT2D eigenvalue weighted by atomic mass is 16.2. The Morgan fingerprint density at radius 1 is 1.13 bits per heavy atom. The molecule has 0 saturated carbocycles. The number of pyridine rings is 1. The van der Waals surface area contributed by atoms with Crippen LogP contribution in [0.3, 0.4) is 0 Å². The minimum absolute atomic E-state index is 0.0755. The van der Waals surface area contributed by atoms with E-state index in [1.54, 1.807) is 37.2 Å². The van der Waals surface area contributed by atoms with Crippen LogP contribution in [-0.4, -0.2) is 50.0 Å². The van der Waals surface area contributed by atoms with Gasteiger partial charge in [0, 0.05) is 36.5 Å². The second-order valence-corrected chi connectivity index (χ2v) is 6.85. The fraction of sp³-hybridized carbons (Fsp3) is 0.444. The van der Waals surface area contributed by atoms with Crippen LogP contribution in [0.4, 0.5) is 5.82 Å². The number of likely N-dealkylation sites (tertiary alicyclic amines) is 1. The fourth-order valence-corrected chi connectivity index (χ4v) is 3.44. The number of carbonyl (C=O) groups excluding carboxylic acids is 1. The molecule has 1 fully saturated rings. The van der Waals surface area contributed by atoms with E-state index in [0.717, 1.165) is 41.6 Å². The highest BCUT2D eigenvalue weighted by molar-refractivity contribution is 6.07. The van der Waals surface area contributed by atoms with Gasteiger partial charge in [-0.2, -0.15) is 0 Å². The zero-order valence-corrected chi connectivity index (χ0v) is 14.1. The summed E-state index contributed by atoms with van der Waals surface area (Å²) in [6.45, 7) is 2.04. The Hall–Kier alpha value is -2.14. The number of quaternary nitrogens is 1. The predicted octanol–water partition coefficient (Wildman–Crippen LogP) is 2.35. The third kappa shape index (κ3) is 2.77. The van der Waals surface area contributed by atoms with Crippen LogP contribution in [0.2, 0.25) is 0 Å². The van der Waals surface area contributed by atoms with Gasteiger partial charge in [-0.15, -0.1) is 0 Å². The third-order valence-electron chi connectivity index (χ3n) is 4.89. The molecule has 3 rings (SSSR count). The number of amides is 1. The lowest BCUT2D eigenvalue weighted by atomic mass is 10.0. The van der Waals surface area contributed by atoms with Gasteiger partial charge in [0.1, 0.15) is 0 Å². The van der Waals surface area contributed by atoms with Crippen LogP contribution >= 0.6 is 0 Å². The molecule has 1 N–H and O–H groups in total. The summed E-state index contributed by atoms with van der Waals surface area (Å²) in [6.07, 6.45) is 3.57. The van der Waals surface area contributed by atoms with E-state index < -0.39 is 0 Å². The van der Waals surface area contributed by atoms with E-state index >= 15 is 0 Å². The fourth-order valence-electron chi connectivity index (χ4n) is 3.44. The van der Waals surface area contributed by atoms with Crippen LogP contribution in [-0.2, 0) is 0 Å². The summed E-state index contributed by atoms with van der Waals surface area (Å²) >= 11 is 0. The lowest BCUT2D eigenvalue weighted by Gasteiger charge is -2.36. The summed E-state index contributed by atoms with van der Waals surface area (Å²) in [5, 5.41) is 1.32. The van der Waals surface area contributed by atoms with Gasteiger partial charge >= 0.3 is 0 Å². The molecule has 1 aliphatic rings. The Balaban J connectivity index is 2.21. The summed E-state index contributed by atoms with van der Waals surface area (Å²) in [5.41, 5.74) is 0.472. The Morgan fingerprint density at radius 3 is 2.48 bits per heavy atom. The molecule has 0 aliphatic carbocycles. The van der Waals surface area contributed by atoms with Crippen molar-refractivity contribution in [1.29, 1.82) is 0 Å². The van der Waals surface area contributed by atoms with Crippen molar-refractivity contribution >= 4 is 22.5 Å². The number of nitrogens with one attached hydrogen (secondary N) is 1. The molecule has 5 nitrogen and oxygen atoms in total. The topological polar surface area (TPSA) is 53.2 Å². The van der Waals surface area contributed by atoms with Gasteiger partial charge in [-0.05, 0) is 31.4 Å². The highest BCUT2D eigenvalue weighted by Crippen LogP contribution is 2.27. The molecular weight excluding hydrogens is 290 g/mol. The molecule has 0 radical (unpaired) electrons. The number of hydrogen-bond acceptors (Lipinski definition) is 2. The van der Waals surface area contributed by atoms with E-state index in [0.29, 0.717) is 10.9 Å². The quantitative estimate of drug-likeness (QED) is 0.865. The van der Waals surface area contributed by atoms with E-state index in [4.69, 9.17) is 0 Å². The molecule has 1 aliphatic heterocycles. The number of aromatic amines is 1. The SMILES string of the molecule is CN(C)C(=O)c1cccc2c(=O)[nH]c([N+]3(C)CCCCC3)cc12. The largest absolute Gasteiger partial charge is 0.345 e. The summed E-state index contributed by atoms with van der Waals surface area (Å²) in [7, 11) is 5.62. The van der Waals surface area contributed by atoms with Gasteiger partial charge in [0.05, 0.1) is 20.1 Å². The van der Waals surface area contributed by atoms with Crippen LogP contribution in [0.25, 0.3) is 10.8 Å². The van der Waals surface area contributed by atoms with Gasteiger partial charge in [0.25, 0.3) is 11.5 Å². The van der Waals surface area contributed by atoms with E-state index in [-0.39, 0.29) is 11.5 Å². The molecule has 5 heteroatoms. The number of benzene rings is 1. The minimum atomic E-state index is -0.115. The van der Waals surface area contributed by atoms with E-state index in [2.05, 4.69) is 12.0 Å². The number of nitrogens with zero attached hydrogens (tertiary/aromatic N) is 2. The van der Waals surface area contributed by atoms with Gasteiger partial charge in [-0.25, -0.2) is 0 Å². The number of H-pyrrole nitrogens is 1. The second-order valence-electron chi connectivity index (χ2n) is 6.85. The Kier molecular flexibility index (Phi) is 3.98. The van der Waals surface area contributed by atoms with Crippen LogP contribution in [0.15, 0.2) is 29.1 Å². The maximum atomic E-state index is 12.5. The van der Waals surface area contributed by atoms with Crippen LogP contribution in [0.5, 0.6) is 0 Å². The van der Waals surface area contributed by atoms with Crippen LogP contribution < -0.4 is 10.0 Å². The first-order chi connectivity index (χ1) is 10.9. The van der Waals surface area contributed by atoms with Crippen molar-refractivity contribution in [2.45, 2.75) is 19.3 Å². The van der Waals surface area contributed by atoms with Crippen molar-refractivity contribution in [1.82, 2.24) is 14.4 Å². The average molecular weight is 314 g/mol. The van der Waals surface area contributed by atoms with Gasteiger partial charge in [-0.1, -0.05) is 6.07 Å². The zero-order chi connectivity index (χ0) is 16.6. The second kappa shape index (κ2) is 5.81. The normalized spacial score (nSPS) is 17.2. The van der Waals surface area contributed by atoms with E-state index in [1.807, 2.05) is 6.07 Å². The average Bonchev–Trinajstić information content (AvgIpc) is 2.54. The number of rotatable bonds is 2. The predicted molar refractivity (Wildman–Crippen MR) is 93.9 cm³/mol. The molecule has 1 aromatic heterocycles. The molecule has 0 bridgehead atoms. The zero-order valence-electron chi connectivity index (χ0n) is 14.1. The smallest absolute Gasteiger partial charge is 0.260 e. The van der Waals surface area contributed by atoms with Gasteiger partial charge in [-0.3, -0.25) is 19.1 Å². The van der Waals surface area contributed by atoms with Gasteiger partial charge in [0.2, 0.25) is 5.82 Å². The monoisotopic (exact) mass is 314 g/mol. The van der Waals surface area contributed by atoms with Crippen molar-refractivity contribution in [2.24, 2.45) is 0 Å². The number of aromatic nitrogens is 1. The first kappa shape index (κ1) is 15.7. The number of carbonyl (C=O) groups is 1. The maximum Gasteiger partial charge on any atom is 0.260 e. The Labute approximate surface area is 136 Å². The van der Waals surface area contributed by atoms with Crippen molar-refractivity contribution in [3.8, 4) is 0 Å². The third-order valence-corrected chi connectivity index (χ3v) is 4.89. The molecule has 1 saturated heterocycles. The van der Waals surface area contributed by atoms with Crippen molar-refractivity contribution in [3.63, 3.8) is 0 Å². The molecule has 122 valence electrons.